The van der Waals surface area contributed by atoms with Crippen molar-refractivity contribution in [3.8, 4) is 11.3 Å². The molecule has 1 heterocycles. The summed E-state index contributed by atoms with van der Waals surface area (Å²) in [6.45, 7) is 3.98. The van der Waals surface area contributed by atoms with E-state index in [1.165, 1.54) is 22.3 Å². The molecule has 126 valence electrons. The Morgan fingerprint density at radius 3 is 2.08 bits per heavy atom. The van der Waals surface area contributed by atoms with Crippen LogP contribution in [0.1, 0.15) is 10.1 Å². The first-order chi connectivity index (χ1) is 11.4. The van der Waals surface area contributed by atoms with Gasteiger partial charge in [0, 0.05) is 0 Å². The summed E-state index contributed by atoms with van der Waals surface area (Å²) in [6.07, 6.45) is 0. The average molecular weight is 408 g/mol. The molecule has 0 fully saturated rings. The number of nitrogens with zero attached hydrogens (tertiary/aromatic N) is 1. The van der Waals surface area contributed by atoms with E-state index in [4.69, 9.17) is 0 Å². The summed E-state index contributed by atoms with van der Waals surface area (Å²) in [5, 5.41) is 0. The second-order valence-electron chi connectivity index (χ2n) is 5.05. The summed E-state index contributed by atoms with van der Waals surface area (Å²) < 4.78 is 27.8. The van der Waals surface area contributed by atoms with Gasteiger partial charge in [-0.15, -0.1) is 0 Å². The predicted octanol–water partition coefficient (Wildman–Crippen LogP) is 3.44. The first-order valence-electron chi connectivity index (χ1n) is 7.27. The second kappa shape index (κ2) is 8.40. The minimum absolute atomic E-state index is 0.190. The predicted molar refractivity (Wildman–Crippen MR) is 96.7 cm³/mol. The van der Waals surface area contributed by atoms with Gasteiger partial charge in [-0.25, -0.2) is 0 Å². The molecule has 0 N–H and O–H groups in total. The van der Waals surface area contributed by atoms with Crippen molar-refractivity contribution in [2.45, 2.75) is 18.7 Å². The van der Waals surface area contributed by atoms with Crippen LogP contribution < -0.4 is 0 Å². The van der Waals surface area contributed by atoms with Crippen LogP contribution in [0.25, 0.3) is 11.3 Å². The van der Waals surface area contributed by atoms with E-state index in [0.717, 1.165) is 18.4 Å². The van der Waals surface area contributed by atoms with Gasteiger partial charge in [-0.3, -0.25) is 4.18 Å². The van der Waals surface area contributed by atoms with Crippen molar-refractivity contribution >= 4 is 24.6 Å². The molecule has 0 aliphatic rings. The first-order valence-corrected chi connectivity index (χ1v) is 10.5. The van der Waals surface area contributed by atoms with Crippen molar-refractivity contribution in [2.24, 2.45) is 0 Å². The van der Waals surface area contributed by atoms with Gasteiger partial charge in [-0.1, -0.05) is 17.7 Å². The Bertz CT molecular complexity index is 872. The van der Waals surface area contributed by atoms with E-state index in [0.29, 0.717) is 14.5 Å². The van der Waals surface area contributed by atoms with Gasteiger partial charge in [-0.05, 0) is 19.1 Å². The molecule has 0 unspecified atom stereocenters. The van der Waals surface area contributed by atoms with Gasteiger partial charge in [0.1, 0.15) is 0 Å². The fourth-order valence-corrected chi connectivity index (χ4v) is 3.87. The topological polar surface area (TPSA) is 56.3 Å². The third kappa shape index (κ3) is 5.14. The van der Waals surface area contributed by atoms with Crippen LogP contribution in [0.2, 0.25) is 0 Å². The Morgan fingerprint density at radius 2 is 1.58 bits per heavy atom. The van der Waals surface area contributed by atoms with Crippen LogP contribution in [-0.4, -0.2) is 35.0 Å². The fraction of sp³-hybridized carbons (Fsp3) is 0.167. The number of aryl methyl sites for hydroxylation is 2. The van der Waals surface area contributed by atoms with Crippen LogP contribution in [0.5, 0.6) is 0 Å². The van der Waals surface area contributed by atoms with E-state index in [-0.39, 0.29) is 4.90 Å². The Hall–Kier alpha value is -1.72. The summed E-state index contributed by atoms with van der Waals surface area (Å²) in [4.78, 5) is 6.89. The molecular weight excluding hydrogens is 389 g/mol. The molecule has 6 heteroatoms. The van der Waals surface area contributed by atoms with Crippen molar-refractivity contribution < 1.29 is 12.6 Å². The van der Waals surface area contributed by atoms with E-state index in [1.54, 1.807) is 12.1 Å². The summed E-state index contributed by atoms with van der Waals surface area (Å²) in [7, 11) is -2.37. The molecule has 0 aliphatic carbocycles. The molecule has 4 nitrogen and oxygen atoms in total. The van der Waals surface area contributed by atoms with Crippen LogP contribution in [0.3, 0.4) is 0 Å². The Labute approximate surface area is 149 Å². The van der Waals surface area contributed by atoms with Crippen molar-refractivity contribution in [2.75, 3.05) is 7.11 Å². The summed E-state index contributed by atoms with van der Waals surface area (Å²) in [5.41, 5.74) is 3.40. The fourth-order valence-electron chi connectivity index (χ4n) is 1.91. The molecule has 2 aromatic carbocycles. The monoisotopic (exact) mass is 409 g/mol. The van der Waals surface area contributed by atoms with Gasteiger partial charge in [0.15, 0.2) is 0 Å². The summed E-state index contributed by atoms with van der Waals surface area (Å²) >= 11 is 0.491. The number of rotatable bonds is 3. The molecule has 3 aromatic rings. The quantitative estimate of drug-likeness (QED) is 0.492. The number of aromatic nitrogens is 1. The molecule has 0 atom stereocenters. The van der Waals surface area contributed by atoms with Crippen molar-refractivity contribution in [1.29, 1.82) is 0 Å². The van der Waals surface area contributed by atoms with Crippen LogP contribution in [0.4, 0.5) is 0 Å². The van der Waals surface area contributed by atoms with Crippen molar-refractivity contribution in [1.82, 2.24) is 4.98 Å². The molecule has 0 bridgehead atoms. The van der Waals surface area contributed by atoms with Crippen molar-refractivity contribution in [3.05, 3.63) is 69.7 Å². The number of hydrogen-bond acceptors (Lipinski definition) is 4. The zero-order valence-corrected chi connectivity index (χ0v) is 16.3. The standard InChI is InChI=1S/C10H9NSe.C8H10O3S/c1-8-11-10(7-12-8)9-5-3-2-4-6-9;1-7-3-5-8(6-4-7)12(9,10)11-2/h2-7H,1H3;3-6H,1-2H3. The van der Waals surface area contributed by atoms with E-state index in [9.17, 15) is 8.42 Å². The number of benzene rings is 2. The minimum atomic E-state index is -3.51. The normalized spacial score (nSPS) is 10.8. The molecular formula is C18H19NO3SSe. The number of hydrogen-bond donors (Lipinski definition) is 0. The van der Waals surface area contributed by atoms with E-state index < -0.39 is 10.1 Å². The van der Waals surface area contributed by atoms with Crippen molar-refractivity contribution in [3.63, 3.8) is 0 Å². The maximum absolute atomic E-state index is 11.1. The van der Waals surface area contributed by atoms with Gasteiger partial charge < -0.3 is 0 Å². The SMILES string of the molecule is COS(=O)(=O)c1ccc(C)cc1.Cc1nc(-c2ccccc2)c[se]1. The van der Waals surface area contributed by atoms with Gasteiger partial charge in [0.25, 0.3) is 10.1 Å². The van der Waals surface area contributed by atoms with Crippen LogP contribution >= 0.6 is 0 Å². The summed E-state index contributed by atoms with van der Waals surface area (Å²) in [6, 6.07) is 16.8. The Kier molecular flexibility index (Phi) is 6.51. The first kappa shape index (κ1) is 18.6. The van der Waals surface area contributed by atoms with Crippen LogP contribution in [0.15, 0.2) is 64.4 Å². The van der Waals surface area contributed by atoms with Gasteiger partial charge in [0.05, 0.1) is 12.0 Å². The molecule has 0 radical (unpaired) electrons. The third-order valence-electron chi connectivity index (χ3n) is 3.22. The summed E-state index contributed by atoms with van der Waals surface area (Å²) in [5.74, 6) is 0. The third-order valence-corrected chi connectivity index (χ3v) is 6.13. The van der Waals surface area contributed by atoms with Gasteiger partial charge in [-0.2, -0.15) is 8.42 Å². The zero-order valence-electron chi connectivity index (χ0n) is 13.8. The molecule has 0 aliphatic heterocycles. The Morgan fingerprint density at radius 1 is 0.958 bits per heavy atom. The van der Waals surface area contributed by atoms with E-state index in [2.05, 4.69) is 33.2 Å². The molecule has 0 amide bonds. The molecule has 0 saturated heterocycles. The van der Waals surface area contributed by atoms with E-state index in [1.807, 2.05) is 25.1 Å². The van der Waals surface area contributed by atoms with Crippen LogP contribution in [-0.2, 0) is 14.3 Å². The molecule has 1 aromatic heterocycles. The molecule has 24 heavy (non-hydrogen) atoms. The second-order valence-corrected chi connectivity index (χ2v) is 8.99. The molecule has 0 spiro atoms. The zero-order chi connectivity index (χ0) is 17.6. The Balaban J connectivity index is 0.000000174. The van der Waals surface area contributed by atoms with Gasteiger partial charge >= 0.3 is 77.5 Å². The molecule has 0 saturated carbocycles. The molecule has 3 rings (SSSR count). The van der Waals surface area contributed by atoms with E-state index >= 15 is 0 Å². The van der Waals surface area contributed by atoms with Gasteiger partial charge in [0.2, 0.25) is 0 Å². The average Bonchev–Trinajstić information content (AvgIpc) is 3.03. The maximum atomic E-state index is 11.1. The van der Waals surface area contributed by atoms with Crippen LogP contribution in [0, 0.1) is 13.8 Å².